The number of ketones is 2. The van der Waals surface area contributed by atoms with E-state index in [-0.39, 0.29) is 42.1 Å². The van der Waals surface area contributed by atoms with Crippen LogP contribution in [-0.2, 0) is 20.8 Å². The van der Waals surface area contributed by atoms with E-state index in [1.807, 2.05) is 0 Å². The standard InChI is InChI=1S/C6H6O3S/c7-4-1-5(8)3-6(2-4)10-9/h1-3H2. The molecule has 1 aliphatic carbocycles. The number of hydrogen-bond acceptors (Lipinski definition) is 3. The quantitative estimate of drug-likeness (QED) is 0.359. The second-order valence-electron chi connectivity index (χ2n) is 2.23. The molecule has 0 N–H and O–H groups in total. The van der Waals surface area contributed by atoms with Crippen molar-refractivity contribution >= 4 is 27.7 Å². The predicted octanol–water partition coefficient (Wildman–Crippen LogP) is -0.306. The Morgan fingerprint density at radius 2 is 1.50 bits per heavy atom. The molecule has 0 amide bonds. The first-order valence-electron chi connectivity index (χ1n) is 2.90. The lowest BCUT2D eigenvalue weighted by Gasteiger charge is -2.06. The van der Waals surface area contributed by atoms with E-state index in [2.05, 4.69) is 0 Å². The van der Waals surface area contributed by atoms with E-state index in [0.29, 0.717) is 4.86 Å². The van der Waals surface area contributed by atoms with E-state index >= 15 is 0 Å². The van der Waals surface area contributed by atoms with Crippen LogP contribution in [0.3, 0.4) is 0 Å². The number of rotatable bonds is 0. The summed E-state index contributed by atoms with van der Waals surface area (Å²) in [7, 11) is 0. The molecule has 1 rings (SSSR count). The zero-order valence-electron chi connectivity index (χ0n) is 5.25. The minimum Gasteiger partial charge on any atom is -0.299 e. The van der Waals surface area contributed by atoms with E-state index in [4.69, 9.17) is 0 Å². The molecule has 0 aliphatic heterocycles. The zero-order chi connectivity index (χ0) is 7.56. The van der Waals surface area contributed by atoms with Gasteiger partial charge in [0.2, 0.25) is 0 Å². The molecule has 1 aliphatic rings. The van der Waals surface area contributed by atoms with Crippen LogP contribution in [0.5, 0.6) is 0 Å². The summed E-state index contributed by atoms with van der Waals surface area (Å²) in [6.07, 6.45) is 0.407. The number of Topliss-reactive ketones (excluding diaryl/α,β-unsaturated/α-hetero) is 2. The first-order chi connectivity index (χ1) is 4.72. The topological polar surface area (TPSA) is 51.2 Å². The molecular formula is C6H6O3S. The van der Waals surface area contributed by atoms with Gasteiger partial charge in [0.05, 0.1) is 17.7 Å². The van der Waals surface area contributed by atoms with Crippen LogP contribution >= 0.6 is 0 Å². The Kier molecular flexibility index (Phi) is 2.11. The fourth-order valence-electron chi connectivity index (χ4n) is 0.906. The second kappa shape index (κ2) is 2.88. The molecule has 0 heterocycles. The van der Waals surface area contributed by atoms with Crippen molar-refractivity contribution in [2.45, 2.75) is 19.3 Å². The second-order valence-corrected chi connectivity index (χ2v) is 2.97. The van der Waals surface area contributed by atoms with Gasteiger partial charge in [0.25, 0.3) is 0 Å². The van der Waals surface area contributed by atoms with Crippen LogP contribution in [0.25, 0.3) is 0 Å². The summed E-state index contributed by atoms with van der Waals surface area (Å²) in [5.41, 5.74) is 0. The fourth-order valence-corrected chi connectivity index (χ4v) is 1.35. The van der Waals surface area contributed by atoms with Crippen LogP contribution in [0.4, 0.5) is 0 Å². The first kappa shape index (κ1) is 7.34. The molecule has 0 spiro atoms. The van der Waals surface area contributed by atoms with Crippen LogP contribution in [-0.4, -0.2) is 20.6 Å². The Morgan fingerprint density at radius 1 is 1.00 bits per heavy atom. The lowest BCUT2D eigenvalue weighted by atomic mass is 9.98. The lowest BCUT2D eigenvalue weighted by Crippen LogP contribution is -2.22. The molecule has 0 atom stereocenters. The van der Waals surface area contributed by atoms with Crippen molar-refractivity contribution in [3.63, 3.8) is 0 Å². The summed E-state index contributed by atoms with van der Waals surface area (Å²) in [6, 6.07) is 0. The molecular weight excluding hydrogens is 152 g/mol. The van der Waals surface area contributed by atoms with Crippen molar-refractivity contribution < 1.29 is 13.8 Å². The summed E-state index contributed by atoms with van der Waals surface area (Å²) in [4.78, 5) is 21.8. The average Bonchev–Trinajstić information content (AvgIpc) is 1.85. The van der Waals surface area contributed by atoms with Crippen molar-refractivity contribution in [2.75, 3.05) is 0 Å². The maximum atomic E-state index is 10.6. The first-order valence-corrected chi connectivity index (χ1v) is 3.64. The Balaban J connectivity index is 2.78. The summed E-state index contributed by atoms with van der Waals surface area (Å²) in [6.45, 7) is 0. The summed E-state index contributed by atoms with van der Waals surface area (Å²) >= 11 is 0.278. The number of hydrogen-bond donors (Lipinski definition) is 0. The SMILES string of the molecule is O=S=C1CC(=O)CC(=O)C1. The third kappa shape index (κ3) is 1.60. The maximum absolute atomic E-state index is 10.6. The minimum atomic E-state index is -0.130. The molecule has 0 radical (unpaired) electrons. The Morgan fingerprint density at radius 3 is 1.90 bits per heavy atom. The highest BCUT2D eigenvalue weighted by Gasteiger charge is 2.20. The monoisotopic (exact) mass is 158 g/mol. The van der Waals surface area contributed by atoms with Gasteiger partial charge in [-0.2, -0.15) is 0 Å². The Bertz CT molecular complexity index is 219. The highest BCUT2D eigenvalue weighted by molar-refractivity contribution is 7.66. The highest BCUT2D eigenvalue weighted by Crippen LogP contribution is 2.06. The van der Waals surface area contributed by atoms with Crippen LogP contribution in [0.1, 0.15) is 19.3 Å². The lowest BCUT2D eigenvalue weighted by molar-refractivity contribution is -0.126. The fraction of sp³-hybridized carbons (Fsp3) is 0.500. The van der Waals surface area contributed by atoms with Gasteiger partial charge in [0.15, 0.2) is 0 Å². The van der Waals surface area contributed by atoms with Gasteiger partial charge < -0.3 is 0 Å². The zero-order valence-corrected chi connectivity index (χ0v) is 6.07. The third-order valence-corrected chi connectivity index (χ3v) is 1.83. The largest absolute Gasteiger partial charge is 0.299 e. The van der Waals surface area contributed by atoms with E-state index in [1.54, 1.807) is 0 Å². The molecule has 4 heteroatoms. The van der Waals surface area contributed by atoms with E-state index in [0.717, 1.165) is 0 Å². The van der Waals surface area contributed by atoms with Gasteiger partial charge in [-0.1, -0.05) is 0 Å². The van der Waals surface area contributed by atoms with Crippen molar-refractivity contribution in [1.82, 2.24) is 0 Å². The van der Waals surface area contributed by atoms with E-state index in [9.17, 15) is 13.8 Å². The van der Waals surface area contributed by atoms with Gasteiger partial charge >= 0.3 is 0 Å². The molecule has 0 bridgehead atoms. The van der Waals surface area contributed by atoms with Gasteiger partial charge in [0.1, 0.15) is 11.6 Å². The minimum absolute atomic E-state index is 0.0179. The molecule has 0 aromatic heterocycles. The molecule has 10 heavy (non-hydrogen) atoms. The molecule has 3 nitrogen and oxygen atoms in total. The van der Waals surface area contributed by atoms with Gasteiger partial charge in [-0.25, -0.2) is 4.21 Å². The number of carbonyl (C=O) groups excluding carboxylic acids is 2. The van der Waals surface area contributed by atoms with E-state index in [1.165, 1.54) is 0 Å². The van der Waals surface area contributed by atoms with Crippen molar-refractivity contribution in [2.24, 2.45) is 0 Å². The van der Waals surface area contributed by atoms with Crippen LogP contribution in [0, 0.1) is 0 Å². The van der Waals surface area contributed by atoms with Crippen LogP contribution < -0.4 is 0 Å². The normalized spacial score (nSPS) is 19.4. The maximum Gasteiger partial charge on any atom is 0.145 e. The smallest absolute Gasteiger partial charge is 0.145 e. The Hall–Kier alpha value is -0.770. The Labute approximate surface area is 61.5 Å². The summed E-state index contributed by atoms with van der Waals surface area (Å²) < 4.78 is 10.2. The van der Waals surface area contributed by atoms with Crippen LogP contribution in [0.15, 0.2) is 0 Å². The predicted molar refractivity (Wildman–Crippen MR) is 37.0 cm³/mol. The molecule has 54 valence electrons. The third-order valence-electron chi connectivity index (χ3n) is 1.30. The average molecular weight is 158 g/mol. The van der Waals surface area contributed by atoms with Crippen molar-refractivity contribution in [1.29, 1.82) is 0 Å². The molecule has 1 saturated carbocycles. The van der Waals surface area contributed by atoms with Crippen molar-refractivity contribution in [3.8, 4) is 0 Å². The molecule has 0 aromatic carbocycles. The van der Waals surface area contributed by atoms with Gasteiger partial charge in [-0.05, 0) is 0 Å². The number of carbonyl (C=O) groups is 2. The van der Waals surface area contributed by atoms with E-state index < -0.39 is 0 Å². The molecule has 0 aromatic rings. The van der Waals surface area contributed by atoms with Crippen molar-refractivity contribution in [3.05, 3.63) is 0 Å². The molecule has 1 fully saturated rings. The van der Waals surface area contributed by atoms with Gasteiger partial charge in [0, 0.05) is 17.7 Å². The van der Waals surface area contributed by atoms with Gasteiger partial charge in [-0.3, -0.25) is 9.59 Å². The molecule has 0 saturated heterocycles. The highest BCUT2D eigenvalue weighted by atomic mass is 32.1. The van der Waals surface area contributed by atoms with Crippen LogP contribution in [0.2, 0.25) is 0 Å². The summed E-state index contributed by atoms with van der Waals surface area (Å²) in [5, 5.41) is 0. The van der Waals surface area contributed by atoms with Gasteiger partial charge in [-0.15, -0.1) is 0 Å². The molecule has 0 unspecified atom stereocenters. The summed E-state index contributed by atoms with van der Waals surface area (Å²) in [5.74, 6) is -0.260.